The number of carbonyl (C=O) groups excluding carboxylic acids is 1. The number of imidazole rings is 1. The van der Waals surface area contributed by atoms with E-state index >= 15 is 0 Å². The molecule has 0 spiro atoms. The van der Waals surface area contributed by atoms with Crippen LogP contribution in [0.5, 0.6) is 5.75 Å². The number of amides is 1. The minimum absolute atomic E-state index is 0.00411. The van der Waals surface area contributed by atoms with Crippen LogP contribution in [-0.2, 0) is 19.2 Å². The lowest BCUT2D eigenvalue weighted by Crippen LogP contribution is -2.37. The van der Waals surface area contributed by atoms with Gasteiger partial charge in [0.05, 0.1) is 24.7 Å². The highest BCUT2D eigenvalue weighted by atomic mass is 32.2. The number of hydrogen-bond acceptors (Lipinski definition) is 14. The number of fused-ring (bicyclic) bond motifs is 1. The zero-order chi connectivity index (χ0) is 31.2. The van der Waals surface area contributed by atoms with Gasteiger partial charge >= 0.3 is 10.3 Å². The summed E-state index contributed by atoms with van der Waals surface area (Å²) in [5.41, 5.74) is 8.59. The Balaban J connectivity index is 1.20. The molecule has 1 aliphatic heterocycles. The average Bonchev–Trinajstić information content (AvgIpc) is 3.71. The lowest BCUT2D eigenvalue weighted by molar-refractivity contribution is -0.0468. The van der Waals surface area contributed by atoms with Gasteiger partial charge in [-0.1, -0.05) is 41.1 Å². The minimum atomic E-state index is -4.70. The first-order chi connectivity index (χ1) is 21.0. The monoisotopic (exact) mass is 623 g/mol. The van der Waals surface area contributed by atoms with Crippen molar-refractivity contribution in [3.05, 3.63) is 72.2 Å². The third-order valence-electron chi connectivity index (χ3n) is 6.81. The summed E-state index contributed by atoms with van der Waals surface area (Å²) >= 11 is 0. The smallest absolute Gasteiger partial charge is 0.362 e. The number of nitrogens with one attached hydrogen (secondary N) is 1. The van der Waals surface area contributed by atoms with Crippen LogP contribution < -0.4 is 10.5 Å². The summed E-state index contributed by atoms with van der Waals surface area (Å²) in [5, 5.41) is 39.5. The molecule has 4 atom stereocenters. The quantitative estimate of drug-likeness (QED) is 0.153. The van der Waals surface area contributed by atoms with E-state index in [-0.39, 0.29) is 28.5 Å². The molecule has 2 aromatic carbocycles. The molecule has 0 saturated carbocycles. The van der Waals surface area contributed by atoms with Crippen LogP contribution in [-0.4, -0.2) is 89.1 Å². The second-order valence-electron chi connectivity index (χ2n) is 9.88. The van der Waals surface area contributed by atoms with Crippen LogP contribution in [0.25, 0.3) is 28.4 Å². The van der Waals surface area contributed by atoms with Crippen molar-refractivity contribution >= 4 is 33.2 Å². The summed E-state index contributed by atoms with van der Waals surface area (Å²) in [6, 6.07) is 13.0. The van der Waals surface area contributed by atoms with Gasteiger partial charge in [0, 0.05) is 5.56 Å². The number of phenolic OH excluding ortho intramolecular Hbond substituents is 1. The van der Waals surface area contributed by atoms with Gasteiger partial charge in [-0.2, -0.15) is 23.1 Å². The van der Waals surface area contributed by atoms with Crippen LogP contribution in [0, 0.1) is 6.92 Å². The van der Waals surface area contributed by atoms with Crippen LogP contribution in [0.3, 0.4) is 0 Å². The minimum Gasteiger partial charge on any atom is -0.507 e. The van der Waals surface area contributed by atoms with Gasteiger partial charge in [0.2, 0.25) is 0 Å². The molecule has 18 heteroatoms. The van der Waals surface area contributed by atoms with E-state index in [1.165, 1.54) is 39.8 Å². The predicted molar refractivity (Wildman–Crippen MR) is 151 cm³/mol. The Bertz CT molecular complexity index is 1980. The lowest BCUT2D eigenvalue weighted by atomic mass is 10.1. The Kier molecular flexibility index (Phi) is 7.43. The van der Waals surface area contributed by atoms with E-state index in [9.17, 15) is 28.5 Å². The number of nitrogens with two attached hydrogens (primary N) is 1. The largest absolute Gasteiger partial charge is 0.507 e. The number of anilines is 1. The molecule has 0 bridgehead atoms. The van der Waals surface area contributed by atoms with E-state index in [0.29, 0.717) is 5.69 Å². The maximum Gasteiger partial charge on any atom is 0.362 e. The number of nitrogens with zero attached hydrogens (tertiary/aromatic N) is 7. The number of nitrogen functional groups attached to an aromatic ring is 1. The molecule has 3 aromatic heterocycles. The van der Waals surface area contributed by atoms with Gasteiger partial charge in [-0.05, 0) is 25.1 Å². The molecule has 17 nitrogen and oxygen atoms in total. The molecule has 6 N–H and O–H groups in total. The van der Waals surface area contributed by atoms with Gasteiger partial charge in [0.1, 0.15) is 35.3 Å². The van der Waals surface area contributed by atoms with Crippen LogP contribution in [0.1, 0.15) is 22.1 Å². The van der Waals surface area contributed by atoms with Crippen LogP contribution >= 0.6 is 0 Å². The summed E-state index contributed by atoms with van der Waals surface area (Å²) in [7, 11) is -4.70. The second kappa shape index (κ2) is 11.2. The molecule has 1 aliphatic rings. The second-order valence-corrected chi connectivity index (χ2v) is 11.2. The summed E-state index contributed by atoms with van der Waals surface area (Å²) < 4.78 is 39.6. The fourth-order valence-electron chi connectivity index (χ4n) is 4.63. The zero-order valence-electron chi connectivity index (χ0n) is 22.8. The summed E-state index contributed by atoms with van der Waals surface area (Å²) in [6.45, 7) is 1.18. The number of carbonyl (C=O) groups is 1. The predicted octanol–water partition coefficient (Wildman–Crippen LogP) is -0.0192. The number of phenols is 1. The van der Waals surface area contributed by atoms with Crippen molar-refractivity contribution in [3.8, 4) is 23.0 Å². The maximum absolute atomic E-state index is 12.4. The fraction of sp³-hybridized carbons (Fsp3) is 0.231. The Labute approximate surface area is 248 Å². The van der Waals surface area contributed by atoms with Crippen molar-refractivity contribution in [1.82, 2.24) is 39.2 Å². The van der Waals surface area contributed by atoms with Crippen molar-refractivity contribution in [3.63, 3.8) is 0 Å². The molecule has 0 radical (unpaired) electrons. The van der Waals surface area contributed by atoms with E-state index in [4.69, 9.17) is 14.7 Å². The van der Waals surface area contributed by atoms with Crippen molar-refractivity contribution in [2.75, 3.05) is 12.3 Å². The first kappa shape index (κ1) is 29.1. The normalized spacial score (nSPS) is 20.2. The van der Waals surface area contributed by atoms with E-state index in [2.05, 4.69) is 25.3 Å². The highest BCUT2D eigenvalue weighted by Gasteiger charge is 2.45. The van der Waals surface area contributed by atoms with E-state index < -0.39 is 53.1 Å². The molecule has 1 fully saturated rings. The molecule has 4 heterocycles. The van der Waals surface area contributed by atoms with Crippen LogP contribution in [0.4, 0.5) is 5.82 Å². The first-order valence-electron chi connectivity index (χ1n) is 13.0. The molecular weight excluding hydrogens is 598 g/mol. The maximum atomic E-state index is 12.4. The highest BCUT2D eigenvalue weighted by Crippen LogP contribution is 2.33. The van der Waals surface area contributed by atoms with Crippen molar-refractivity contribution < 1.29 is 37.5 Å². The molecule has 1 saturated heterocycles. The standard InChI is InChI=1S/C26H25N9O8S/c1-13-5-4-6-14(9-13)16-10-35(33-31-16)26-29-22(27)19-23(30-26)34(12-28-19)25-21(38)20(37)18(43-25)11-42-44(40,41)32-24(39)15-7-2-3-8-17(15)36/h2-10,12,18,20-21,25,36-38H,11H2,1H3,(H,32,39)(H2,27,29,30)/t18-,20-,21-,25-/m0/s1. The summed E-state index contributed by atoms with van der Waals surface area (Å²) in [5.74, 6) is -1.53. The van der Waals surface area contributed by atoms with Gasteiger partial charge in [0.15, 0.2) is 17.7 Å². The molecule has 44 heavy (non-hydrogen) atoms. The molecule has 1 amide bonds. The third kappa shape index (κ3) is 5.54. The molecule has 6 rings (SSSR count). The molecule has 0 aliphatic carbocycles. The average molecular weight is 624 g/mol. The number of para-hydroxylation sites is 1. The van der Waals surface area contributed by atoms with Crippen LogP contribution in [0.2, 0.25) is 0 Å². The first-order valence-corrected chi connectivity index (χ1v) is 14.4. The van der Waals surface area contributed by atoms with Crippen molar-refractivity contribution in [1.29, 1.82) is 0 Å². The van der Waals surface area contributed by atoms with E-state index in [1.807, 2.05) is 31.2 Å². The molecular formula is C26H25N9O8S. The van der Waals surface area contributed by atoms with Gasteiger partial charge in [-0.25, -0.2) is 9.71 Å². The Morgan fingerprint density at radius 1 is 1.14 bits per heavy atom. The number of aliphatic hydroxyl groups is 2. The Morgan fingerprint density at radius 3 is 2.70 bits per heavy atom. The van der Waals surface area contributed by atoms with E-state index in [0.717, 1.165) is 11.1 Å². The van der Waals surface area contributed by atoms with Crippen molar-refractivity contribution in [2.24, 2.45) is 0 Å². The van der Waals surface area contributed by atoms with Crippen molar-refractivity contribution in [2.45, 2.75) is 31.5 Å². The fourth-order valence-corrected chi connectivity index (χ4v) is 5.34. The summed E-state index contributed by atoms with van der Waals surface area (Å²) in [4.78, 5) is 25.2. The van der Waals surface area contributed by atoms with Gasteiger partial charge in [0.25, 0.3) is 11.9 Å². The SMILES string of the molecule is Cc1cccc(-c2cn(-c3nc(N)c4ncn([C@H]5O[C@@H](COS(=O)(=O)NC(=O)c6ccccc6O)[C@H](O)[C@@H]5O)c4n3)nn2)c1. The van der Waals surface area contributed by atoms with E-state index in [1.54, 1.807) is 10.9 Å². The number of aromatic nitrogens is 7. The number of ether oxygens (including phenoxy) is 1. The number of benzene rings is 2. The Morgan fingerprint density at radius 2 is 1.93 bits per heavy atom. The molecule has 5 aromatic rings. The van der Waals surface area contributed by atoms with Gasteiger partial charge < -0.3 is 25.8 Å². The highest BCUT2D eigenvalue weighted by molar-refractivity contribution is 7.85. The lowest BCUT2D eigenvalue weighted by Gasteiger charge is -2.16. The van der Waals surface area contributed by atoms with Gasteiger partial charge in [-0.3, -0.25) is 13.5 Å². The topological polar surface area (TPSA) is 243 Å². The zero-order valence-corrected chi connectivity index (χ0v) is 23.6. The Hall–Kier alpha value is -5.01. The molecule has 0 unspecified atom stereocenters. The summed E-state index contributed by atoms with van der Waals surface area (Å²) in [6.07, 6.45) is -2.93. The third-order valence-corrected chi connectivity index (χ3v) is 7.70. The van der Waals surface area contributed by atoms with Crippen LogP contribution in [0.15, 0.2) is 61.1 Å². The number of aromatic hydroxyl groups is 1. The number of hydrogen-bond donors (Lipinski definition) is 5. The number of aliphatic hydroxyl groups excluding tert-OH is 2. The number of rotatable bonds is 8. The van der Waals surface area contributed by atoms with Gasteiger partial charge in [-0.15, -0.1) is 5.10 Å². The molecule has 228 valence electrons. The number of aryl methyl sites for hydroxylation is 1.